The van der Waals surface area contributed by atoms with Gasteiger partial charge in [-0.2, -0.15) is 0 Å². The molecule has 0 unspecified atom stereocenters. The molecule has 6 aromatic rings. The zero-order valence-corrected chi connectivity index (χ0v) is 24.4. The smallest absolute Gasteiger partial charge is 0.219 e. The van der Waals surface area contributed by atoms with Crippen molar-refractivity contribution in [2.45, 2.75) is 26.3 Å². The molecule has 0 N–H and O–H groups in total. The van der Waals surface area contributed by atoms with Crippen molar-refractivity contribution in [2.75, 3.05) is 6.16 Å². The molecule has 0 saturated carbocycles. The molecule has 2 aromatic heterocycles. The van der Waals surface area contributed by atoms with E-state index in [0.29, 0.717) is 11.9 Å². The van der Waals surface area contributed by atoms with Gasteiger partial charge < -0.3 is 21.5 Å². The maximum atomic E-state index is 14.5. The largest absolute Gasteiger partial charge is 1.00 e. The second-order valence-corrected chi connectivity index (χ2v) is 13.2. The number of nitrogens with zero attached hydrogens (tertiary/aromatic N) is 3. The van der Waals surface area contributed by atoms with Gasteiger partial charge in [0.2, 0.25) is 11.6 Å². The minimum absolute atomic E-state index is 0. The number of hydrogen-bond acceptors (Lipinski definition) is 2. The summed E-state index contributed by atoms with van der Waals surface area (Å²) in [4.78, 5) is 19.3. The van der Waals surface area contributed by atoms with Gasteiger partial charge in [-0.05, 0) is 55.0 Å². The first-order chi connectivity index (χ1) is 18.7. The molecule has 0 atom stereocenters. The third-order valence-corrected chi connectivity index (χ3v) is 11.7. The maximum absolute atomic E-state index is 14.5. The number of para-hydroxylation sites is 2. The van der Waals surface area contributed by atoms with Gasteiger partial charge in [-0.1, -0.05) is 80.1 Å². The highest BCUT2D eigenvalue weighted by Gasteiger charge is 2.47. The highest BCUT2D eigenvalue weighted by Crippen LogP contribution is 2.55. The Morgan fingerprint density at radius 2 is 1.21 bits per heavy atom. The molecule has 0 fully saturated rings. The van der Waals surface area contributed by atoms with Gasteiger partial charge >= 0.3 is 0 Å². The summed E-state index contributed by atoms with van der Waals surface area (Å²) in [5.41, 5.74) is 2.80. The highest BCUT2D eigenvalue weighted by atomic mass is 79.9. The van der Waals surface area contributed by atoms with Crippen molar-refractivity contribution in [3.8, 4) is 0 Å². The summed E-state index contributed by atoms with van der Waals surface area (Å²) in [6, 6.07) is 40.0. The number of carbonyl (C=O) groups is 1. The number of unbranched alkanes of at least 4 members (excludes halogenated alkanes) is 1. The molecule has 0 spiro atoms. The van der Waals surface area contributed by atoms with Crippen LogP contribution in [-0.2, 0) is 6.54 Å². The predicted molar refractivity (Wildman–Crippen MR) is 160 cm³/mol. The van der Waals surface area contributed by atoms with Crippen LogP contribution >= 0.6 is 7.26 Å². The van der Waals surface area contributed by atoms with Crippen LogP contribution in [0.3, 0.4) is 0 Å². The van der Waals surface area contributed by atoms with Crippen molar-refractivity contribution in [1.29, 1.82) is 0 Å². The van der Waals surface area contributed by atoms with E-state index in [0.717, 1.165) is 36.2 Å². The fourth-order valence-corrected chi connectivity index (χ4v) is 9.64. The number of aryl methyl sites for hydroxylation is 1. The number of carbonyl (C=O) groups excluding carboxylic acids is 1. The van der Waals surface area contributed by atoms with Crippen LogP contribution in [0.1, 0.15) is 30.3 Å². The lowest BCUT2D eigenvalue weighted by Crippen LogP contribution is -3.00. The zero-order valence-electron chi connectivity index (χ0n) is 22.0. The van der Waals surface area contributed by atoms with E-state index in [9.17, 15) is 4.79 Å². The van der Waals surface area contributed by atoms with Crippen molar-refractivity contribution in [3.63, 3.8) is 0 Å². The van der Waals surface area contributed by atoms with E-state index in [1.54, 1.807) is 6.20 Å². The fraction of sp³-hybridized carbons (Fsp3) is 0.152. The van der Waals surface area contributed by atoms with Gasteiger partial charge in [0.1, 0.15) is 35.0 Å². The van der Waals surface area contributed by atoms with Crippen molar-refractivity contribution >= 4 is 45.8 Å². The summed E-state index contributed by atoms with van der Waals surface area (Å²) in [7, 11) is -2.30. The molecule has 2 heterocycles. The Hall–Kier alpha value is -3.53. The van der Waals surface area contributed by atoms with E-state index < -0.39 is 7.26 Å². The molecule has 0 aliphatic rings. The highest BCUT2D eigenvalue weighted by molar-refractivity contribution is 7.96. The topological polar surface area (TPSA) is 39.3 Å². The average molecular weight is 597 g/mol. The van der Waals surface area contributed by atoms with Crippen molar-refractivity contribution < 1.29 is 21.8 Å². The van der Waals surface area contributed by atoms with Crippen molar-refractivity contribution in [3.05, 3.63) is 127 Å². The van der Waals surface area contributed by atoms with Gasteiger partial charge in [-0.3, -0.25) is 9.20 Å². The maximum Gasteiger partial charge on any atom is 0.219 e. The summed E-state index contributed by atoms with van der Waals surface area (Å²) in [5, 5.41) is 3.62. The second kappa shape index (κ2) is 11.7. The molecule has 0 bridgehead atoms. The van der Waals surface area contributed by atoms with Crippen molar-refractivity contribution in [2.24, 2.45) is 0 Å². The fourth-order valence-electron chi connectivity index (χ4n) is 5.56. The molecule has 39 heavy (non-hydrogen) atoms. The van der Waals surface area contributed by atoms with E-state index in [4.69, 9.17) is 4.98 Å². The van der Waals surface area contributed by atoms with Crippen LogP contribution in [0.4, 0.5) is 0 Å². The Morgan fingerprint density at radius 3 is 1.72 bits per heavy atom. The summed E-state index contributed by atoms with van der Waals surface area (Å²) in [6.07, 6.45) is 4.34. The molecule has 6 heteroatoms. The van der Waals surface area contributed by atoms with E-state index in [1.807, 2.05) is 24.3 Å². The van der Waals surface area contributed by atoms with Gasteiger partial charge in [-0.25, -0.2) is 4.98 Å². The second-order valence-electron chi connectivity index (χ2n) is 9.67. The Kier molecular flexibility index (Phi) is 8.11. The van der Waals surface area contributed by atoms with E-state index in [-0.39, 0.29) is 22.8 Å². The zero-order chi connectivity index (χ0) is 26.0. The molecule has 0 radical (unpaired) electrons. The third-order valence-electron chi connectivity index (χ3n) is 7.39. The summed E-state index contributed by atoms with van der Waals surface area (Å²) in [5.74, 6) is 0.951. The number of imidazole rings is 2. The Bertz CT molecular complexity index is 1600. The van der Waals surface area contributed by atoms with Crippen molar-refractivity contribution in [1.82, 2.24) is 14.0 Å². The molecule has 4 nitrogen and oxygen atoms in total. The Balaban J connectivity index is 0.00000308. The molecular weight excluding hydrogens is 565 g/mol. The first-order valence-corrected chi connectivity index (χ1v) is 15.2. The number of benzene rings is 4. The average Bonchev–Trinajstić information content (AvgIpc) is 3.55. The van der Waals surface area contributed by atoms with Gasteiger partial charge in [0.05, 0.1) is 17.2 Å². The monoisotopic (exact) mass is 595 g/mol. The molecular formula is C33H31BrN3OP. The molecule has 0 saturated heterocycles. The summed E-state index contributed by atoms with van der Waals surface area (Å²) < 4.78 is 4.33. The Labute approximate surface area is 240 Å². The normalized spacial score (nSPS) is 11.5. The van der Waals surface area contributed by atoms with E-state index in [1.165, 1.54) is 15.9 Å². The minimum atomic E-state index is -2.30. The first-order valence-electron chi connectivity index (χ1n) is 13.3. The lowest BCUT2D eigenvalue weighted by Gasteiger charge is -2.27. The van der Waals surface area contributed by atoms with Crippen LogP contribution in [0.25, 0.3) is 16.8 Å². The summed E-state index contributed by atoms with van der Waals surface area (Å²) >= 11 is 0. The number of rotatable bonds is 9. The minimum Gasteiger partial charge on any atom is -1.00 e. The van der Waals surface area contributed by atoms with Crippen LogP contribution in [0.2, 0.25) is 0 Å². The van der Waals surface area contributed by atoms with Gasteiger partial charge in [0.25, 0.3) is 0 Å². The number of hydrogen-bond donors (Lipinski definition) is 0. The molecule has 196 valence electrons. The Morgan fingerprint density at radius 1 is 0.718 bits per heavy atom. The standard InChI is InChI=1S/C33H31N3OP.BrH/c1-2-3-23-35-29-21-13-14-22-30(29)36-31(24-34-33(35)36)32(37)25-38(26-15-7-4-8-16-26,27-17-9-5-10-18-27)28-19-11-6-12-20-28;/h4-22,24H,2-3,23,25H2,1H3;1H/q+1;/p-1. The molecule has 4 aromatic carbocycles. The third kappa shape index (κ3) is 4.75. The number of fused-ring (bicyclic) bond motifs is 3. The summed E-state index contributed by atoms with van der Waals surface area (Å²) in [6.45, 7) is 3.08. The van der Waals surface area contributed by atoms with E-state index >= 15 is 0 Å². The number of ketones is 1. The van der Waals surface area contributed by atoms with Gasteiger partial charge in [0, 0.05) is 6.54 Å². The molecule has 0 aliphatic carbocycles. The molecule has 6 rings (SSSR count). The number of Topliss-reactive ketones (excluding diaryl/α,β-unsaturated/α-hetero) is 1. The predicted octanol–water partition coefficient (Wildman–Crippen LogP) is 3.27. The van der Waals surface area contributed by atoms with Gasteiger partial charge in [-0.15, -0.1) is 0 Å². The number of aromatic nitrogens is 3. The van der Waals surface area contributed by atoms with Crippen LogP contribution in [-0.4, -0.2) is 25.9 Å². The molecule has 0 amide bonds. The number of halogens is 1. The SMILES string of the molecule is CCCCn1c2ccccc2n2c(C(=O)C[P+](c3ccccc3)(c3ccccc3)c3ccccc3)cnc12.[Br-]. The molecule has 0 aliphatic heterocycles. The van der Waals surface area contributed by atoms with Crippen LogP contribution in [0.5, 0.6) is 0 Å². The van der Waals surface area contributed by atoms with Crippen LogP contribution < -0.4 is 32.9 Å². The van der Waals surface area contributed by atoms with Gasteiger partial charge in [0.15, 0.2) is 0 Å². The van der Waals surface area contributed by atoms with Crippen LogP contribution in [0.15, 0.2) is 121 Å². The lowest BCUT2D eigenvalue weighted by molar-refractivity contribution is -0.0000153. The van der Waals surface area contributed by atoms with Crippen LogP contribution in [0, 0.1) is 0 Å². The lowest BCUT2D eigenvalue weighted by atomic mass is 10.3. The first kappa shape index (κ1) is 27.1. The van der Waals surface area contributed by atoms with E-state index in [2.05, 4.69) is 107 Å². The quantitative estimate of drug-likeness (QED) is 0.190.